The summed E-state index contributed by atoms with van der Waals surface area (Å²) in [7, 11) is 0. The molecule has 6 nitrogen and oxygen atoms in total. The minimum atomic E-state index is -0.980. The van der Waals surface area contributed by atoms with E-state index in [9.17, 15) is 14.7 Å². The maximum absolute atomic E-state index is 11.6. The quantitative estimate of drug-likeness (QED) is 0.734. The Morgan fingerprint density at radius 1 is 1.25 bits per heavy atom. The molecule has 0 aliphatic heterocycles. The van der Waals surface area contributed by atoms with Crippen LogP contribution in [0.15, 0.2) is 0 Å². The molecule has 0 aromatic rings. The van der Waals surface area contributed by atoms with Crippen molar-refractivity contribution in [3.8, 4) is 0 Å². The van der Waals surface area contributed by atoms with Gasteiger partial charge in [0.25, 0.3) is 0 Å². The van der Waals surface area contributed by atoms with E-state index in [0.717, 1.165) is 25.7 Å². The Morgan fingerprint density at radius 2 is 1.80 bits per heavy atom. The second-order valence-electron chi connectivity index (χ2n) is 6.42. The van der Waals surface area contributed by atoms with Gasteiger partial charge in [0.15, 0.2) is 0 Å². The van der Waals surface area contributed by atoms with Gasteiger partial charge in [0.05, 0.1) is 12.5 Å². The minimum Gasteiger partial charge on any atom is -0.481 e. The van der Waals surface area contributed by atoms with E-state index in [-0.39, 0.29) is 18.4 Å². The topological polar surface area (TPSA) is 95.9 Å². The van der Waals surface area contributed by atoms with Crippen molar-refractivity contribution in [1.82, 2.24) is 5.32 Å². The highest BCUT2D eigenvalue weighted by atomic mass is 16.6. The number of aliphatic hydroxyl groups is 1. The third-order valence-electron chi connectivity index (χ3n) is 3.42. The second kappa shape index (κ2) is 6.92. The van der Waals surface area contributed by atoms with E-state index >= 15 is 0 Å². The van der Waals surface area contributed by atoms with E-state index in [1.54, 1.807) is 0 Å². The molecule has 0 bridgehead atoms. The first kappa shape index (κ1) is 16.8. The predicted octanol–water partition coefficient (Wildman–Crippen LogP) is 1.91. The average Bonchev–Trinajstić information content (AvgIpc) is 2.26. The molecule has 0 aromatic heterocycles. The van der Waals surface area contributed by atoms with E-state index in [1.807, 2.05) is 20.8 Å². The third kappa shape index (κ3) is 6.23. The van der Waals surface area contributed by atoms with E-state index < -0.39 is 23.8 Å². The number of carboxylic acid groups (broad SMARTS) is 1. The number of alkyl carbamates (subject to hydrolysis) is 1. The van der Waals surface area contributed by atoms with Crippen LogP contribution in [0.25, 0.3) is 0 Å². The third-order valence-corrected chi connectivity index (χ3v) is 3.42. The van der Waals surface area contributed by atoms with Gasteiger partial charge in [-0.25, -0.2) is 4.79 Å². The standard InChI is InChI=1S/C14H25NO5/c1-14(2,3)20-13(19)15-10-6-4-9(5-7-10)11(16)8-12(17)18/h9-11,16H,4-8H2,1-3H3,(H,15,19)(H,17,18). The molecule has 1 aliphatic carbocycles. The molecule has 116 valence electrons. The zero-order chi connectivity index (χ0) is 15.3. The second-order valence-corrected chi connectivity index (χ2v) is 6.42. The normalized spacial score (nSPS) is 24.8. The fourth-order valence-electron chi connectivity index (χ4n) is 2.47. The molecule has 0 spiro atoms. The van der Waals surface area contributed by atoms with Gasteiger partial charge in [-0.3, -0.25) is 4.79 Å². The predicted molar refractivity (Wildman–Crippen MR) is 73.4 cm³/mol. The van der Waals surface area contributed by atoms with E-state index in [0.29, 0.717) is 0 Å². The van der Waals surface area contributed by atoms with Crippen molar-refractivity contribution in [2.45, 2.75) is 70.6 Å². The van der Waals surface area contributed by atoms with Crippen molar-refractivity contribution >= 4 is 12.1 Å². The van der Waals surface area contributed by atoms with Gasteiger partial charge in [-0.1, -0.05) is 0 Å². The van der Waals surface area contributed by atoms with Crippen molar-refractivity contribution in [1.29, 1.82) is 0 Å². The first-order valence-electron chi connectivity index (χ1n) is 7.07. The van der Waals surface area contributed by atoms with E-state index in [1.165, 1.54) is 0 Å². The zero-order valence-corrected chi connectivity index (χ0v) is 12.4. The molecule has 1 unspecified atom stereocenters. The molecular weight excluding hydrogens is 262 g/mol. The van der Waals surface area contributed by atoms with E-state index in [4.69, 9.17) is 9.84 Å². The van der Waals surface area contributed by atoms with Gasteiger partial charge >= 0.3 is 12.1 Å². The van der Waals surface area contributed by atoms with Crippen LogP contribution in [0.1, 0.15) is 52.9 Å². The lowest BCUT2D eigenvalue weighted by Gasteiger charge is -2.32. The van der Waals surface area contributed by atoms with Crippen LogP contribution in [0, 0.1) is 5.92 Å². The number of aliphatic carboxylic acids is 1. The number of nitrogens with one attached hydrogen (secondary N) is 1. The zero-order valence-electron chi connectivity index (χ0n) is 12.4. The molecule has 20 heavy (non-hydrogen) atoms. The van der Waals surface area contributed by atoms with Gasteiger partial charge in [-0.05, 0) is 52.4 Å². The number of carbonyl (C=O) groups is 2. The smallest absolute Gasteiger partial charge is 0.407 e. The molecule has 6 heteroatoms. The largest absolute Gasteiger partial charge is 0.481 e. The fourth-order valence-corrected chi connectivity index (χ4v) is 2.47. The Balaban J connectivity index is 2.32. The maximum Gasteiger partial charge on any atom is 0.407 e. The van der Waals surface area contributed by atoms with Crippen molar-refractivity contribution in [3.05, 3.63) is 0 Å². The van der Waals surface area contributed by atoms with Crippen LogP contribution >= 0.6 is 0 Å². The van der Waals surface area contributed by atoms with Crippen molar-refractivity contribution in [2.75, 3.05) is 0 Å². The summed E-state index contributed by atoms with van der Waals surface area (Å²) in [6.45, 7) is 5.43. The van der Waals surface area contributed by atoms with Crippen molar-refractivity contribution in [2.24, 2.45) is 5.92 Å². The summed E-state index contributed by atoms with van der Waals surface area (Å²) in [4.78, 5) is 22.2. The van der Waals surface area contributed by atoms with Gasteiger partial charge in [-0.2, -0.15) is 0 Å². The molecule has 1 amide bonds. The molecule has 1 atom stereocenters. The number of amides is 1. The van der Waals surface area contributed by atoms with Crippen molar-refractivity contribution < 1.29 is 24.5 Å². The van der Waals surface area contributed by atoms with Crippen LogP contribution in [0.3, 0.4) is 0 Å². The van der Waals surface area contributed by atoms with Crippen LogP contribution in [-0.4, -0.2) is 40.0 Å². The lowest BCUT2D eigenvalue weighted by Crippen LogP contribution is -2.42. The molecule has 1 fully saturated rings. The number of carbonyl (C=O) groups excluding carboxylic acids is 1. The number of rotatable bonds is 4. The minimum absolute atomic E-state index is 0.00258. The van der Waals surface area contributed by atoms with Crippen LogP contribution in [0.5, 0.6) is 0 Å². The summed E-state index contributed by atoms with van der Waals surface area (Å²) in [6.07, 6.45) is 1.47. The van der Waals surface area contributed by atoms with Crippen LogP contribution < -0.4 is 5.32 Å². The van der Waals surface area contributed by atoms with Crippen molar-refractivity contribution in [3.63, 3.8) is 0 Å². The average molecular weight is 287 g/mol. The molecule has 0 saturated heterocycles. The van der Waals surface area contributed by atoms with Gasteiger partial charge in [-0.15, -0.1) is 0 Å². The Labute approximate surface area is 119 Å². The Bertz CT molecular complexity index is 342. The molecule has 0 heterocycles. The number of aliphatic hydroxyl groups excluding tert-OH is 1. The monoisotopic (exact) mass is 287 g/mol. The summed E-state index contributed by atoms with van der Waals surface area (Å²) in [5.41, 5.74) is -0.515. The van der Waals surface area contributed by atoms with E-state index in [2.05, 4.69) is 5.32 Å². The molecule has 1 aliphatic rings. The number of ether oxygens (including phenoxy) is 1. The molecule has 3 N–H and O–H groups in total. The van der Waals surface area contributed by atoms with Crippen LogP contribution in [0.4, 0.5) is 4.79 Å². The Morgan fingerprint density at radius 3 is 2.25 bits per heavy atom. The fraction of sp³-hybridized carbons (Fsp3) is 0.857. The first-order chi connectivity index (χ1) is 9.17. The Hall–Kier alpha value is -1.30. The molecule has 1 rings (SSSR count). The maximum atomic E-state index is 11.6. The SMILES string of the molecule is CC(C)(C)OC(=O)NC1CCC(C(O)CC(=O)O)CC1. The van der Waals surface area contributed by atoms with Gasteiger partial charge in [0.1, 0.15) is 5.60 Å². The lowest BCUT2D eigenvalue weighted by molar-refractivity contribution is -0.140. The van der Waals surface area contributed by atoms with Gasteiger partial charge in [0.2, 0.25) is 0 Å². The van der Waals surface area contributed by atoms with Crippen LogP contribution in [-0.2, 0) is 9.53 Å². The summed E-state index contributed by atoms with van der Waals surface area (Å²) >= 11 is 0. The molecular formula is C14H25NO5. The van der Waals surface area contributed by atoms with Gasteiger partial charge in [0, 0.05) is 6.04 Å². The summed E-state index contributed by atoms with van der Waals surface area (Å²) in [5, 5.41) is 21.2. The highest BCUT2D eigenvalue weighted by Gasteiger charge is 2.29. The Kier molecular flexibility index (Phi) is 5.80. The first-order valence-corrected chi connectivity index (χ1v) is 7.07. The summed E-state index contributed by atoms with van der Waals surface area (Å²) in [5.74, 6) is -0.978. The summed E-state index contributed by atoms with van der Waals surface area (Å²) in [6, 6.07) is 0.0399. The molecule has 0 aromatic carbocycles. The highest BCUT2D eigenvalue weighted by molar-refractivity contribution is 5.68. The molecule has 1 saturated carbocycles. The highest BCUT2D eigenvalue weighted by Crippen LogP contribution is 2.28. The number of hydrogen-bond donors (Lipinski definition) is 3. The lowest BCUT2D eigenvalue weighted by atomic mass is 9.82. The number of carboxylic acids is 1. The van der Waals surface area contributed by atoms with Gasteiger partial charge < -0.3 is 20.3 Å². The van der Waals surface area contributed by atoms with Crippen LogP contribution in [0.2, 0.25) is 0 Å². The number of hydrogen-bond acceptors (Lipinski definition) is 4. The molecule has 0 radical (unpaired) electrons. The summed E-state index contributed by atoms with van der Waals surface area (Å²) < 4.78 is 5.19.